The van der Waals surface area contributed by atoms with E-state index in [1.54, 1.807) is 0 Å². The van der Waals surface area contributed by atoms with Crippen molar-refractivity contribution in [2.45, 2.75) is 46.5 Å². The van der Waals surface area contributed by atoms with Crippen molar-refractivity contribution in [3.63, 3.8) is 0 Å². The minimum absolute atomic E-state index is 0.117. The van der Waals surface area contributed by atoms with Crippen molar-refractivity contribution >= 4 is 5.91 Å². The van der Waals surface area contributed by atoms with Gasteiger partial charge in [-0.3, -0.25) is 4.79 Å². The lowest BCUT2D eigenvalue weighted by Gasteiger charge is -2.39. The van der Waals surface area contributed by atoms with Crippen LogP contribution in [0.2, 0.25) is 0 Å². The molecule has 1 aliphatic heterocycles. The molecule has 0 radical (unpaired) electrons. The van der Waals surface area contributed by atoms with Crippen LogP contribution in [0.4, 0.5) is 0 Å². The molecule has 1 amide bonds. The van der Waals surface area contributed by atoms with Crippen LogP contribution < -0.4 is 0 Å². The first-order valence-electron chi connectivity index (χ1n) is 7.88. The van der Waals surface area contributed by atoms with E-state index < -0.39 is 0 Å². The molecule has 0 aromatic heterocycles. The monoisotopic (exact) mass is 289 g/mol. The predicted molar refractivity (Wildman–Crippen MR) is 85.2 cm³/mol. The quantitative estimate of drug-likeness (QED) is 0.926. The summed E-state index contributed by atoms with van der Waals surface area (Å²) in [6.07, 6.45) is 3.36. The number of likely N-dealkylation sites (tertiary alicyclic amines) is 1. The van der Waals surface area contributed by atoms with Crippen molar-refractivity contribution in [2.75, 3.05) is 19.7 Å². The molecule has 1 aromatic rings. The van der Waals surface area contributed by atoms with Crippen molar-refractivity contribution in [1.82, 2.24) is 4.90 Å². The van der Waals surface area contributed by atoms with E-state index in [1.165, 1.54) is 16.7 Å². The van der Waals surface area contributed by atoms with E-state index in [4.69, 9.17) is 0 Å². The van der Waals surface area contributed by atoms with Crippen LogP contribution in [0.25, 0.3) is 0 Å². The molecule has 3 heteroatoms. The lowest BCUT2D eigenvalue weighted by molar-refractivity contribution is -0.135. The lowest BCUT2D eigenvalue weighted by atomic mass is 9.82. The van der Waals surface area contributed by atoms with Crippen molar-refractivity contribution in [3.05, 3.63) is 34.9 Å². The molecule has 1 aromatic carbocycles. The Labute approximate surface area is 128 Å². The fourth-order valence-corrected chi connectivity index (χ4v) is 3.28. The second kappa shape index (κ2) is 6.61. The van der Waals surface area contributed by atoms with E-state index in [1.807, 2.05) is 4.90 Å². The first-order valence-corrected chi connectivity index (χ1v) is 7.88. The average Bonchev–Trinajstić information content (AvgIpc) is 2.44. The number of piperidine rings is 1. The second-order valence-electron chi connectivity index (χ2n) is 6.88. The molecule has 0 spiro atoms. The first kappa shape index (κ1) is 16.0. The van der Waals surface area contributed by atoms with Crippen LogP contribution in [-0.4, -0.2) is 35.6 Å². The maximum Gasteiger partial charge on any atom is 0.222 e. The van der Waals surface area contributed by atoms with Crippen LogP contribution in [0, 0.1) is 19.3 Å². The Morgan fingerprint density at radius 2 is 1.95 bits per heavy atom. The van der Waals surface area contributed by atoms with Gasteiger partial charge < -0.3 is 10.0 Å². The van der Waals surface area contributed by atoms with E-state index in [2.05, 4.69) is 39.0 Å². The van der Waals surface area contributed by atoms with E-state index in [9.17, 15) is 9.90 Å². The van der Waals surface area contributed by atoms with Gasteiger partial charge in [0.25, 0.3) is 0 Å². The molecule has 3 nitrogen and oxygen atoms in total. The Hall–Kier alpha value is -1.35. The second-order valence-corrected chi connectivity index (χ2v) is 6.88. The van der Waals surface area contributed by atoms with Crippen LogP contribution in [-0.2, 0) is 11.2 Å². The number of amides is 1. The summed E-state index contributed by atoms with van der Waals surface area (Å²) < 4.78 is 0. The molecule has 0 bridgehead atoms. The third-order valence-corrected chi connectivity index (χ3v) is 4.42. The minimum Gasteiger partial charge on any atom is -0.396 e. The molecule has 1 fully saturated rings. The number of carbonyl (C=O) groups is 1. The molecule has 0 saturated carbocycles. The van der Waals surface area contributed by atoms with Gasteiger partial charge in [-0.1, -0.05) is 36.2 Å². The lowest BCUT2D eigenvalue weighted by Crippen LogP contribution is -2.46. The fraction of sp³-hybridized carbons (Fsp3) is 0.611. The van der Waals surface area contributed by atoms with E-state index in [0.717, 1.165) is 25.8 Å². The summed E-state index contributed by atoms with van der Waals surface area (Å²) >= 11 is 0. The summed E-state index contributed by atoms with van der Waals surface area (Å²) in [6, 6.07) is 6.48. The Morgan fingerprint density at radius 1 is 1.29 bits per heavy atom. The number of aryl methyl sites for hydroxylation is 3. The summed E-state index contributed by atoms with van der Waals surface area (Å²) in [7, 11) is 0. The van der Waals surface area contributed by atoms with Gasteiger partial charge in [0.05, 0.1) is 6.61 Å². The topological polar surface area (TPSA) is 40.5 Å². The molecule has 116 valence electrons. The molecule has 1 saturated heterocycles. The Balaban J connectivity index is 1.92. The molecule has 21 heavy (non-hydrogen) atoms. The third kappa shape index (κ3) is 4.31. The Bertz CT molecular complexity index is 492. The van der Waals surface area contributed by atoms with Crippen LogP contribution in [0.1, 0.15) is 42.9 Å². The zero-order chi connectivity index (χ0) is 15.5. The third-order valence-electron chi connectivity index (χ3n) is 4.42. The zero-order valence-electron chi connectivity index (χ0n) is 13.5. The molecule has 2 rings (SSSR count). The smallest absolute Gasteiger partial charge is 0.222 e. The summed E-state index contributed by atoms with van der Waals surface area (Å²) in [4.78, 5) is 14.3. The molecule has 1 N–H and O–H groups in total. The molecule has 1 aliphatic rings. The standard InChI is InChI=1S/C18H27NO2/c1-14-9-15(2)11-16(10-14)5-6-17(21)19-8-4-7-18(3,12-19)13-20/h9-11,20H,4-8,12-13H2,1-3H3. The summed E-state index contributed by atoms with van der Waals surface area (Å²) in [5.74, 6) is 0.216. The normalized spacial score (nSPS) is 22.4. The summed E-state index contributed by atoms with van der Waals surface area (Å²) in [5, 5.41) is 9.48. The van der Waals surface area contributed by atoms with Gasteiger partial charge in [0.2, 0.25) is 5.91 Å². The van der Waals surface area contributed by atoms with E-state index in [0.29, 0.717) is 13.0 Å². The van der Waals surface area contributed by atoms with Crippen molar-refractivity contribution in [2.24, 2.45) is 5.41 Å². The number of benzene rings is 1. The number of nitrogens with zero attached hydrogens (tertiary/aromatic N) is 1. The average molecular weight is 289 g/mol. The summed E-state index contributed by atoms with van der Waals surface area (Å²) in [6.45, 7) is 7.94. The maximum atomic E-state index is 12.4. The molecule has 1 atom stereocenters. The van der Waals surface area contributed by atoms with E-state index >= 15 is 0 Å². The van der Waals surface area contributed by atoms with Crippen LogP contribution in [0.3, 0.4) is 0 Å². The van der Waals surface area contributed by atoms with Gasteiger partial charge in [0.1, 0.15) is 0 Å². The number of rotatable bonds is 4. The van der Waals surface area contributed by atoms with Crippen LogP contribution in [0.5, 0.6) is 0 Å². The van der Waals surface area contributed by atoms with Gasteiger partial charge in [-0.2, -0.15) is 0 Å². The highest BCUT2D eigenvalue weighted by molar-refractivity contribution is 5.76. The predicted octanol–water partition coefficient (Wildman–Crippen LogP) is 2.86. The highest BCUT2D eigenvalue weighted by atomic mass is 16.3. The van der Waals surface area contributed by atoms with Crippen molar-refractivity contribution < 1.29 is 9.90 Å². The zero-order valence-corrected chi connectivity index (χ0v) is 13.5. The Kier molecular flexibility index (Phi) is 5.04. The maximum absolute atomic E-state index is 12.4. The van der Waals surface area contributed by atoms with Crippen molar-refractivity contribution in [1.29, 1.82) is 0 Å². The van der Waals surface area contributed by atoms with Gasteiger partial charge in [-0.25, -0.2) is 0 Å². The van der Waals surface area contributed by atoms with E-state index in [-0.39, 0.29) is 17.9 Å². The number of aliphatic hydroxyl groups excluding tert-OH is 1. The number of aliphatic hydroxyl groups is 1. The fourth-order valence-electron chi connectivity index (χ4n) is 3.28. The number of hydrogen-bond acceptors (Lipinski definition) is 2. The molecule has 1 unspecified atom stereocenters. The van der Waals surface area contributed by atoms with Gasteiger partial charge in [0.15, 0.2) is 0 Å². The van der Waals surface area contributed by atoms with Gasteiger partial charge in [-0.05, 0) is 38.7 Å². The highest BCUT2D eigenvalue weighted by Crippen LogP contribution is 2.29. The van der Waals surface area contributed by atoms with Crippen LogP contribution in [0.15, 0.2) is 18.2 Å². The summed E-state index contributed by atoms with van der Waals surface area (Å²) in [5.41, 5.74) is 3.63. The highest BCUT2D eigenvalue weighted by Gasteiger charge is 2.32. The van der Waals surface area contributed by atoms with Gasteiger partial charge in [-0.15, -0.1) is 0 Å². The van der Waals surface area contributed by atoms with Gasteiger partial charge >= 0.3 is 0 Å². The molecular formula is C18H27NO2. The molecule has 1 heterocycles. The SMILES string of the molecule is Cc1cc(C)cc(CCC(=O)N2CCCC(C)(CO)C2)c1. The van der Waals surface area contributed by atoms with Crippen LogP contribution >= 0.6 is 0 Å². The first-order chi connectivity index (χ1) is 9.92. The van der Waals surface area contributed by atoms with Gasteiger partial charge in [0, 0.05) is 24.9 Å². The molecule has 0 aliphatic carbocycles. The molecular weight excluding hydrogens is 262 g/mol. The number of hydrogen-bond donors (Lipinski definition) is 1. The Morgan fingerprint density at radius 3 is 2.57 bits per heavy atom. The van der Waals surface area contributed by atoms with Crippen molar-refractivity contribution in [3.8, 4) is 0 Å². The largest absolute Gasteiger partial charge is 0.396 e. The minimum atomic E-state index is -0.117. The number of carbonyl (C=O) groups excluding carboxylic acids is 1.